The van der Waals surface area contributed by atoms with Gasteiger partial charge in [-0.2, -0.15) is 0 Å². The Bertz CT molecular complexity index is 575. The van der Waals surface area contributed by atoms with E-state index in [1.807, 2.05) is 4.57 Å². The second kappa shape index (κ2) is 5.31. The predicted octanol–water partition coefficient (Wildman–Crippen LogP) is 3.50. The Balaban J connectivity index is 2.31. The van der Waals surface area contributed by atoms with Crippen LogP contribution in [0.25, 0.3) is 11.4 Å². The molecule has 102 valence electrons. The average molecular weight is 283 g/mol. The lowest BCUT2D eigenvalue weighted by molar-refractivity contribution is 0.0663. The normalized spacial score (nSPS) is 11.8. The largest absolute Gasteiger partial charge is 0.390 e. The molecule has 0 amide bonds. The maximum absolute atomic E-state index is 13.8. The van der Waals surface area contributed by atoms with E-state index >= 15 is 0 Å². The Hall–Kier alpha value is -1.39. The molecule has 5 heteroatoms. The number of aliphatic hydroxyl groups is 1. The van der Waals surface area contributed by atoms with Gasteiger partial charge in [0.2, 0.25) is 0 Å². The molecule has 1 aromatic carbocycles. The molecule has 0 atom stereocenters. The van der Waals surface area contributed by atoms with Crippen LogP contribution in [0.3, 0.4) is 0 Å². The summed E-state index contributed by atoms with van der Waals surface area (Å²) in [5.41, 5.74) is -0.401. The Morgan fingerprint density at radius 1 is 1.42 bits per heavy atom. The van der Waals surface area contributed by atoms with Crippen LogP contribution in [-0.4, -0.2) is 20.3 Å². The van der Waals surface area contributed by atoms with Gasteiger partial charge < -0.3 is 9.67 Å². The van der Waals surface area contributed by atoms with Gasteiger partial charge in [0.1, 0.15) is 11.6 Å². The summed E-state index contributed by atoms with van der Waals surface area (Å²) in [7, 11) is 0. The number of nitrogens with zero attached hydrogens (tertiary/aromatic N) is 2. The molecular formula is C14H16ClFN2O. The van der Waals surface area contributed by atoms with Gasteiger partial charge in [-0.25, -0.2) is 9.37 Å². The van der Waals surface area contributed by atoms with Gasteiger partial charge in [-0.05, 0) is 38.5 Å². The number of aryl methyl sites for hydroxylation is 1. The minimum atomic E-state index is -0.769. The molecule has 0 aliphatic heterocycles. The van der Waals surface area contributed by atoms with Gasteiger partial charge in [-0.1, -0.05) is 11.6 Å². The van der Waals surface area contributed by atoms with Crippen molar-refractivity contribution in [2.24, 2.45) is 0 Å². The van der Waals surface area contributed by atoms with Crippen molar-refractivity contribution in [3.05, 3.63) is 41.4 Å². The highest BCUT2D eigenvalue weighted by Crippen LogP contribution is 2.25. The van der Waals surface area contributed by atoms with Crippen LogP contribution in [0.2, 0.25) is 5.02 Å². The molecule has 2 aromatic rings. The van der Waals surface area contributed by atoms with Crippen LogP contribution in [0.15, 0.2) is 30.6 Å². The minimum Gasteiger partial charge on any atom is -0.390 e. The summed E-state index contributed by atoms with van der Waals surface area (Å²) in [4.78, 5) is 4.17. The number of benzene rings is 1. The molecule has 0 spiro atoms. The van der Waals surface area contributed by atoms with Crippen LogP contribution in [0.4, 0.5) is 4.39 Å². The zero-order valence-corrected chi connectivity index (χ0v) is 11.7. The van der Waals surface area contributed by atoms with Crippen LogP contribution in [-0.2, 0) is 6.54 Å². The van der Waals surface area contributed by atoms with Gasteiger partial charge >= 0.3 is 0 Å². The maximum Gasteiger partial charge on any atom is 0.142 e. The molecule has 0 saturated heterocycles. The van der Waals surface area contributed by atoms with Crippen molar-refractivity contribution in [3.63, 3.8) is 0 Å². The lowest BCUT2D eigenvalue weighted by Gasteiger charge is -2.18. The zero-order valence-electron chi connectivity index (χ0n) is 10.9. The molecule has 0 unspecified atom stereocenters. The van der Waals surface area contributed by atoms with Crippen molar-refractivity contribution in [3.8, 4) is 11.4 Å². The van der Waals surface area contributed by atoms with Crippen LogP contribution in [0.1, 0.15) is 20.3 Å². The average Bonchev–Trinajstić information content (AvgIpc) is 2.77. The van der Waals surface area contributed by atoms with E-state index in [1.54, 1.807) is 32.3 Å². The highest BCUT2D eigenvalue weighted by Gasteiger charge is 2.16. The van der Waals surface area contributed by atoms with Gasteiger partial charge in [-0.3, -0.25) is 0 Å². The van der Waals surface area contributed by atoms with E-state index in [1.165, 1.54) is 12.1 Å². The Morgan fingerprint density at radius 3 is 2.84 bits per heavy atom. The summed E-state index contributed by atoms with van der Waals surface area (Å²) in [6.07, 6.45) is 3.93. The van der Waals surface area contributed by atoms with Crippen LogP contribution < -0.4 is 0 Å². The minimum absolute atomic E-state index is 0.361. The molecule has 3 nitrogen and oxygen atoms in total. The number of hydrogen-bond acceptors (Lipinski definition) is 2. The number of aromatic nitrogens is 2. The topological polar surface area (TPSA) is 38.0 Å². The highest BCUT2D eigenvalue weighted by molar-refractivity contribution is 6.30. The van der Waals surface area contributed by atoms with Crippen molar-refractivity contribution in [2.75, 3.05) is 0 Å². The first-order chi connectivity index (χ1) is 8.87. The summed E-state index contributed by atoms with van der Waals surface area (Å²) < 4.78 is 15.6. The van der Waals surface area contributed by atoms with Crippen LogP contribution >= 0.6 is 11.6 Å². The molecule has 2 rings (SSSR count). The van der Waals surface area contributed by atoms with E-state index in [0.29, 0.717) is 29.4 Å². The van der Waals surface area contributed by atoms with Crippen molar-refractivity contribution in [2.45, 2.75) is 32.4 Å². The lowest BCUT2D eigenvalue weighted by atomic mass is 10.1. The molecule has 0 fully saturated rings. The molecule has 0 aliphatic rings. The van der Waals surface area contributed by atoms with E-state index in [9.17, 15) is 9.50 Å². The van der Waals surface area contributed by atoms with E-state index in [4.69, 9.17) is 11.6 Å². The van der Waals surface area contributed by atoms with E-state index in [2.05, 4.69) is 4.98 Å². The standard InChI is InChI=1S/C14H16ClFN2O/c1-14(2,19)5-7-18-8-6-17-13(18)11-9-10(15)3-4-12(11)16/h3-4,6,8-9,19H,5,7H2,1-2H3. The lowest BCUT2D eigenvalue weighted by Crippen LogP contribution is -2.21. The summed E-state index contributed by atoms with van der Waals surface area (Å²) in [5, 5.41) is 10.2. The Labute approximate surface area is 116 Å². The van der Waals surface area contributed by atoms with Gasteiger partial charge in [0.25, 0.3) is 0 Å². The quantitative estimate of drug-likeness (QED) is 0.932. The summed E-state index contributed by atoms with van der Waals surface area (Å²) in [6, 6.07) is 4.39. The summed E-state index contributed by atoms with van der Waals surface area (Å²) in [6.45, 7) is 4.04. The molecule has 0 radical (unpaired) electrons. The third kappa shape index (κ3) is 3.55. The van der Waals surface area contributed by atoms with Gasteiger partial charge in [0.15, 0.2) is 0 Å². The first kappa shape index (κ1) is 14.0. The van der Waals surface area contributed by atoms with Crippen LogP contribution in [0.5, 0.6) is 0 Å². The second-order valence-electron chi connectivity index (χ2n) is 5.13. The number of hydrogen-bond donors (Lipinski definition) is 1. The van der Waals surface area contributed by atoms with Gasteiger partial charge in [-0.15, -0.1) is 0 Å². The van der Waals surface area contributed by atoms with Gasteiger partial charge in [0, 0.05) is 24.0 Å². The molecule has 0 aliphatic carbocycles. The fraction of sp³-hybridized carbons (Fsp3) is 0.357. The molecule has 19 heavy (non-hydrogen) atoms. The van der Waals surface area contributed by atoms with Crippen LogP contribution in [0, 0.1) is 5.82 Å². The van der Waals surface area contributed by atoms with Crippen molar-refractivity contribution in [1.82, 2.24) is 9.55 Å². The van der Waals surface area contributed by atoms with Crippen molar-refractivity contribution >= 4 is 11.6 Å². The van der Waals surface area contributed by atoms with Crippen molar-refractivity contribution in [1.29, 1.82) is 0 Å². The number of halogens is 2. The maximum atomic E-state index is 13.8. The molecule has 0 bridgehead atoms. The SMILES string of the molecule is CC(C)(O)CCn1ccnc1-c1cc(Cl)ccc1F. The first-order valence-corrected chi connectivity index (χ1v) is 6.43. The predicted molar refractivity (Wildman–Crippen MR) is 73.5 cm³/mol. The number of imidazole rings is 1. The molecule has 1 heterocycles. The monoisotopic (exact) mass is 282 g/mol. The second-order valence-corrected chi connectivity index (χ2v) is 5.57. The fourth-order valence-corrected chi connectivity index (χ4v) is 1.97. The van der Waals surface area contributed by atoms with E-state index < -0.39 is 5.60 Å². The molecule has 1 aromatic heterocycles. The highest BCUT2D eigenvalue weighted by atomic mass is 35.5. The molecule has 0 saturated carbocycles. The Morgan fingerprint density at radius 2 is 2.16 bits per heavy atom. The molecular weight excluding hydrogens is 267 g/mol. The Kier molecular flexibility index (Phi) is 3.92. The van der Waals surface area contributed by atoms with Gasteiger partial charge in [0.05, 0.1) is 11.2 Å². The smallest absolute Gasteiger partial charge is 0.142 e. The van der Waals surface area contributed by atoms with E-state index in [0.717, 1.165) is 0 Å². The fourth-order valence-electron chi connectivity index (χ4n) is 1.80. The van der Waals surface area contributed by atoms with E-state index in [-0.39, 0.29) is 5.82 Å². The summed E-state index contributed by atoms with van der Waals surface area (Å²) >= 11 is 5.89. The van der Waals surface area contributed by atoms with Crippen molar-refractivity contribution < 1.29 is 9.50 Å². The first-order valence-electron chi connectivity index (χ1n) is 6.06. The molecule has 1 N–H and O–H groups in total. The zero-order chi connectivity index (χ0) is 14.0. The summed E-state index contributed by atoms with van der Waals surface area (Å²) in [5.74, 6) is 0.157. The third-order valence-corrected chi connectivity index (χ3v) is 3.08. The number of rotatable bonds is 4. The third-order valence-electron chi connectivity index (χ3n) is 2.85.